The van der Waals surface area contributed by atoms with E-state index < -0.39 is 10.0 Å². The van der Waals surface area contributed by atoms with Crippen molar-refractivity contribution in [3.05, 3.63) is 30.0 Å². The van der Waals surface area contributed by atoms with Crippen molar-refractivity contribution in [2.24, 2.45) is 0 Å². The average molecular weight is 395 g/mol. The molecule has 1 atom stereocenters. The number of carbonyl (C=O) groups is 1. The summed E-state index contributed by atoms with van der Waals surface area (Å²) in [6.07, 6.45) is 6.13. The fraction of sp³-hybridized carbons (Fsp3) is 0.588. The van der Waals surface area contributed by atoms with Crippen molar-refractivity contribution in [1.29, 1.82) is 0 Å². The Morgan fingerprint density at radius 2 is 2.11 bits per heavy atom. The molecule has 2 aromatic rings. The van der Waals surface area contributed by atoms with E-state index in [1.807, 2.05) is 13.8 Å². The molecule has 0 radical (unpaired) electrons. The van der Waals surface area contributed by atoms with Crippen molar-refractivity contribution in [1.82, 2.24) is 29.0 Å². The maximum Gasteiger partial charge on any atom is 0.262 e. The maximum atomic E-state index is 13.0. The molecule has 0 aromatic carbocycles. The molecule has 0 bridgehead atoms. The molecule has 1 saturated heterocycles. The number of hydrogen-bond acceptors (Lipinski definition) is 5. The third-order valence-electron chi connectivity index (χ3n) is 4.88. The lowest BCUT2D eigenvalue weighted by atomic mass is 9.93. The number of nitrogens with one attached hydrogen (secondary N) is 1. The van der Waals surface area contributed by atoms with E-state index in [9.17, 15) is 13.2 Å². The lowest BCUT2D eigenvalue weighted by Crippen LogP contribution is -2.39. The first-order valence-electron chi connectivity index (χ1n) is 9.00. The monoisotopic (exact) mass is 394 g/mol. The summed E-state index contributed by atoms with van der Waals surface area (Å²) in [4.78, 5) is 17.9. The minimum atomic E-state index is -3.68. The summed E-state index contributed by atoms with van der Waals surface area (Å²) in [6, 6.07) is 0.139. The van der Waals surface area contributed by atoms with Crippen molar-refractivity contribution in [2.45, 2.75) is 43.7 Å². The molecule has 10 heteroatoms. The van der Waals surface area contributed by atoms with Crippen LogP contribution in [-0.2, 0) is 10.0 Å². The van der Waals surface area contributed by atoms with Crippen LogP contribution in [0.4, 0.5) is 0 Å². The Bertz CT molecular complexity index is 915. The highest BCUT2D eigenvalue weighted by Crippen LogP contribution is 2.31. The molecule has 1 aliphatic rings. The zero-order valence-electron chi connectivity index (χ0n) is 16.1. The number of H-pyrrole nitrogens is 1. The van der Waals surface area contributed by atoms with Gasteiger partial charge < -0.3 is 9.47 Å². The molecule has 148 valence electrons. The van der Waals surface area contributed by atoms with Crippen LogP contribution in [0.1, 0.15) is 54.7 Å². The van der Waals surface area contributed by atoms with Gasteiger partial charge in [-0.15, -0.1) is 0 Å². The largest absolute Gasteiger partial charge is 0.345 e. The van der Waals surface area contributed by atoms with Gasteiger partial charge in [0.1, 0.15) is 0 Å². The van der Waals surface area contributed by atoms with Crippen molar-refractivity contribution in [3.63, 3.8) is 0 Å². The number of aromatic amines is 1. The Balaban J connectivity index is 1.84. The Morgan fingerprint density at radius 1 is 1.37 bits per heavy atom. The lowest BCUT2D eigenvalue weighted by molar-refractivity contribution is 0.0825. The minimum absolute atomic E-state index is 0.0612. The zero-order chi connectivity index (χ0) is 19.8. The molecule has 1 unspecified atom stereocenters. The van der Waals surface area contributed by atoms with Gasteiger partial charge in [0, 0.05) is 45.3 Å². The number of imidazole rings is 1. The first-order valence-corrected chi connectivity index (χ1v) is 10.4. The number of sulfonamides is 1. The van der Waals surface area contributed by atoms with Gasteiger partial charge in [0.2, 0.25) is 0 Å². The first-order chi connectivity index (χ1) is 12.7. The van der Waals surface area contributed by atoms with Crippen LogP contribution in [-0.4, -0.2) is 70.5 Å². The number of carbonyl (C=O) groups excluding carboxylic acids is 1. The molecule has 0 spiro atoms. The molecule has 3 heterocycles. The molecule has 2 aromatic heterocycles. The van der Waals surface area contributed by atoms with Crippen LogP contribution in [0.2, 0.25) is 0 Å². The number of rotatable bonds is 5. The maximum absolute atomic E-state index is 13.0. The zero-order valence-corrected chi connectivity index (χ0v) is 16.9. The summed E-state index contributed by atoms with van der Waals surface area (Å²) in [5.74, 6) is -0.253. The smallest absolute Gasteiger partial charge is 0.262 e. The van der Waals surface area contributed by atoms with E-state index in [1.165, 1.54) is 15.4 Å². The molecular weight excluding hydrogens is 368 g/mol. The van der Waals surface area contributed by atoms with Gasteiger partial charge in [-0.2, -0.15) is 9.40 Å². The topological polar surface area (TPSA) is 104 Å². The van der Waals surface area contributed by atoms with Crippen LogP contribution >= 0.6 is 0 Å². The first kappa shape index (κ1) is 19.6. The van der Waals surface area contributed by atoms with Crippen LogP contribution < -0.4 is 0 Å². The molecular formula is C17H26N6O3S. The molecule has 9 nitrogen and oxygen atoms in total. The Hall–Kier alpha value is -2.20. The Morgan fingerprint density at radius 3 is 2.74 bits per heavy atom. The van der Waals surface area contributed by atoms with Gasteiger partial charge in [0.05, 0.1) is 23.8 Å². The molecule has 3 rings (SSSR count). The highest BCUT2D eigenvalue weighted by Gasteiger charge is 2.34. The fourth-order valence-corrected chi connectivity index (χ4v) is 4.73. The number of nitrogens with zero attached hydrogens (tertiary/aromatic N) is 5. The number of amides is 1. The summed E-state index contributed by atoms with van der Waals surface area (Å²) >= 11 is 0. The highest BCUT2D eigenvalue weighted by molar-refractivity contribution is 7.89. The summed E-state index contributed by atoms with van der Waals surface area (Å²) in [5, 5.41) is 6.98. The molecule has 0 aliphatic carbocycles. The molecule has 1 amide bonds. The average Bonchev–Trinajstić information content (AvgIpc) is 3.31. The third kappa shape index (κ3) is 3.77. The van der Waals surface area contributed by atoms with Crippen LogP contribution in [0.15, 0.2) is 23.7 Å². The van der Waals surface area contributed by atoms with Gasteiger partial charge in [-0.25, -0.2) is 13.4 Å². The van der Waals surface area contributed by atoms with E-state index in [2.05, 4.69) is 15.2 Å². The molecule has 27 heavy (non-hydrogen) atoms. The van der Waals surface area contributed by atoms with E-state index in [0.717, 1.165) is 6.42 Å². The second kappa shape index (κ2) is 7.43. The van der Waals surface area contributed by atoms with Gasteiger partial charge in [-0.1, -0.05) is 0 Å². The van der Waals surface area contributed by atoms with Crippen molar-refractivity contribution >= 4 is 15.9 Å². The summed E-state index contributed by atoms with van der Waals surface area (Å²) in [5.41, 5.74) is 1.19. The van der Waals surface area contributed by atoms with Gasteiger partial charge in [0.15, 0.2) is 5.03 Å². The van der Waals surface area contributed by atoms with Crippen LogP contribution in [0.25, 0.3) is 0 Å². The quantitative estimate of drug-likeness (QED) is 0.827. The predicted octanol–water partition coefficient (Wildman–Crippen LogP) is 1.46. The fourth-order valence-electron chi connectivity index (χ4n) is 3.28. The molecule has 1 N–H and O–H groups in total. The van der Waals surface area contributed by atoms with Gasteiger partial charge >= 0.3 is 0 Å². The van der Waals surface area contributed by atoms with E-state index in [1.54, 1.807) is 31.2 Å². The van der Waals surface area contributed by atoms with Gasteiger partial charge in [0.25, 0.3) is 15.9 Å². The van der Waals surface area contributed by atoms with Crippen LogP contribution in [0, 0.1) is 0 Å². The van der Waals surface area contributed by atoms with Gasteiger partial charge in [-0.05, 0) is 26.7 Å². The van der Waals surface area contributed by atoms with E-state index in [4.69, 9.17) is 0 Å². The Labute approximate surface area is 159 Å². The Kier molecular flexibility index (Phi) is 5.38. The van der Waals surface area contributed by atoms with E-state index in [-0.39, 0.29) is 22.9 Å². The summed E-state index contributed by atoms with van der Waals surface area (Å²) in [6.45, 7) is 4.68. The molecule has 0 saturated carbocycles. The number of aromatic nitrogens is 4. The number of piperidine rings is 1. The van der Waals surface area contributed by atoms with E-state index >= 15 is 0 Å². The second-order valence-corrected chi connectivity index (χ2v) is 9.24. The van der Waals surface area contributed by atoms with Crippen molar-refractivity contribution in [2.75, 3.05) is 27.2 Å². The minimum Gasteiger partial charge on any atom is -0.345 e. The van der Waals surface area contributed by atoms with Crippen LogP contribution in [0.5, 0.6) is 0 Å². The van der Waals surface area contributed by atoms with Crippen molar-refractivity contribution in [3.8, 4) is 0 Å². The number of hydrogen-bond donors (Lipinski definition) is 1. The van der Waals surface area contributed by atoms with E-state index in [0.29, 0.717) is 30.8 Å². The lowest BCUT2D eigenvalue weighted by Gasteiger charge is -2.31. The summed E-state index contributed by atoms with van der Waals surface area (Å²) < 4.78 is 29.3. The SMILES string of the molecule is CC(C)n1cnc(S(=O)(=O)N2CCCC(c3[nH]ncc3C(=O)N(C)C)C2)c1. The predicted molar refractivity (Wildman–Crippen MR) is 100.0 cm³/mol. The van der Waals surface area contributed by atoms with Crippen LogP contribution in [0.3, 0.4) is 0 Å². The second-order valence-electron chi connectivity index (χ2n) is 7.35. The summed E-state index contributed by atoms with van der Waals surface area (Å²) in [7, 11) is -0.312. The third-order valence-corrected chi connectivity index (χ3v) is 6.63. The highest BCUT2D eigenvalue weighted by atomic mass is 32.2. The van der Waals surface area contributed by atoms with Crippen molar-refractivity contribution < 1.29 is 13.2 Å². The molecule has 1 aliphatic heterocycles. The standard InChI is InChI=1S/C17H26N6O3S/c1-12(2)22-10-15(18-11-22)27(25,26)23-7-5-6-13(9-23)16-14(8-19-20-16)17(24)21(3)4/h8,10-13H,5-7,9H2,1-4H3,(H,19,20). The van der Waals surface area contributed by atoms with Gasteiger partial charge in [-0.3, -0.25) is 9.89 Å². The normalized spacial score (nSPS) is 18.8. The molecule has 1 fully saturated rings.